The van der Waals surface area contributed by atoms with Gasteiger partial charge in [-0.15, -0.1) is 0 Å². The number of carbonyl (C=O) groups is 1. The molecule has 0 fully saturated rings. The maximum Gasteiger partial charge on any atom is 0.270 e. The van der Waals surface area contributed by atoms with Crippen LogP contribution in [0.3, 0.4) is 0 Å². The van der Waals surface area contributed by atoms with Crippen molar-refractivity contribution < 1.29 is 4.79 Å². The van der Waals surface area contributed by atoms with E-state index in [1.807, 2.05) is 26.8 Å². The Kier molecular flexibility index (Phi) is 3.64. The quantitative estimate of drug-likeness (QED) is 0.906. The van der Waals surface area contributed by atoms with E-state index in [2.05, 4.69) is 10.3 Å². The number of aryl methyl sites for hydroxylation is 1. The van der Waals surface area contributed by atoms with E-state index in [0.29, 0.717) is 18.1 Å². The van der Waals surface area contributed by atoms with Crippen molar-refractivity contribution in [3.05, 3.63) is 46.0 Å². The predicted molar refractivity (Wildman–Crippen MR) is 73.4 cm³/mol. The first-order chi connectivity index (χ1) is 8.99. The van der Waals surface area contributed by atoms with Gasteiger partial charge in [0.25, 0.3) is 11.5 Å². The van der Waals surface area contributed by atoms with E-state index in [9.17, 15) is 9.59 Å². The Labute approximate surface area is 111 Å². The molecule has 0 bridgehead atoms. The SMILES string of the molecule is Cc1ccc2ncc(C(=O)NCC(C)C)c(=O)n2c1. The van der Waals surface area contributed by atoms with Gasteiger partial charge >= 0.3 is 0 Å². The average molecular weight is 259 g/mol. The standard InChI is InChI=1S/C14H17N3O2/c1-9(2)6-16-13(18)11-7-15-12-5-4-10(3)8-17(12)14(11)19/h4-5,7-9H,6H2,1-3H3,(H,16,18). The van der Waals surface area contributed by atoms with Gasteiger partial charge in [0.2, 0.25) is 0 Å². The minimum Gasteiger partial charge on any atom is -0.352 e. The summed E-state index contributed by atoms with van der Waals surface area (Å²) in [6, 6.07) is 3.63. The summed E-state index contributed by atoms with van der Waals surface area (Å²) in [6.07, 6.45) is 3.02. The van der Waals surface area contributed by atoms with E-state index in [1.165, 1.54) is 10.6 Å². The molecule has 100 valence electrons. The second-order valence-electron chi connectivity index (χ2n) is 5.02. The van der Waals surface area contributed by atoms with Crippen LogP contribution in [-0.2, 0) is 0 Å². The fraction of sp³-hybridized carbons (Fsp3) is 0.357. The minimum atomic E-state index is -0.373. The third-order valence-electron chi connectivity index (χ3n) is 2.77. The first-order valence-corrected chi connectivity index (χ1v) is 6.25. The van der Waals surface area contributed by atoms with E-state index in [1.54, 1.807) is 12.3 Å². The van der Waals surface area contributed by atoms with Crippen molar-refractivity contribution in [3.63, 3.8) is 0 Å². The summed E-state index contributed by atoms with van der Waals surface area (Å²) in [5, 5.41) is 2.73. The minimum absolute atomic E-state index is 0.0729. The van der Waals surface area contributed by atoms with Gasteiger partial charge in [-0.1, -0.05) is 19.9 Å². The Morgan fingerprint density at radius 3 is 2.84 bits per heavy atom. The molecule has 0 aromatic carbocycles. The molecule has 2 heterocycles. The molecule has 0 saturated carbocycles. The molecule has 2 rings (SSSR count). The van der Waals surface area contributed by atoms with Gasteiger partial charge in [0.15, 0.2) is 0 Å². The lowest BCUT2D eigenvalue weighted by atomic mass is 10.2. The van der Waals surface area contributed by atoms with Crippen molar-refractivity contribution in [1.29, 1.82) is 0 Å². The van der Waals surface area contributed by atoms with Gasteiger partial charge in [-0.2, -0.15) is 0 Å². The van der Waals surface area contributed by atoms with Crippen molar-refractivity contribution in [1.82, 2.24) is 14.7 Å². The predicted octanol–water partition coefficient (Wildman–Crippen LogP) is 1.39. The number of hydrogen-bond donors (Lipinski definition) is 1. The lowest BCUT2D eigenvalue weighted by Gasteiger charge is -2.08. The fourth-order valence-corrected chi connectivity index (χ4v) is 1.73. The highest BCUT2D eigenvalue weighted by Gasteiger charge is 2.13. The Morgan fingerprint density at radius 1 is 1.42 bits per heavy atom. The van der Waals surface area contributed by atoms with Crippen molar-refractivity contribution >= 4 is 11.6 Å². The van der Waals surface area contributed by atoms with Crippen LogP contribution in [0.1, 0.15) is 29.8 Å². The molecular weight excluding hydrogens is 242 g/mol. The second-order valence-corrected chi connectivity index (χ2v) is 5.02. The first-order valence-electron chi connectivity index (χ1n) is 6.25. The van der Waals surface area contributed by atoms with E-state index < -0.39 is 0 Å². The molecule has 0 radical (unpaired) electrons. The highest BCUT2D eigenvalue weighted by Crippen LogP contribution is 2.02. The van der Waals surface area contributed by atoms with Crippen LogP contribution in [0.25, 0.3) is 5.65 Å². The van der Waals surface area contributed by atoms with Crippen molar-refractivity contribution in [2.45, 2.75) is 20.8 Å². The normalized spacial score (nSPS) is 10.9. The van der Waals surface area contributed by atoms with E-state index >= 15 is 0 Å². The molecule has 5 nitrogen and oxygen atoms in total. The molecule has 0 spiro atoms. The van der Waals surface area contributed by atoms with Crippen LogP contribution in [0.5, 0.6) is 0 Å². The zero-order chi connectivity index (χ0) is 14.0. The van der Waals surface area contributed by atoms with Crippen molar-refractivity contribution in [2.24, 2.45) is 5.92 Å². The van der Waals surface area contributed by atoms with Gasteiger partial charge in [0.1, 0.15) is 11.2 Å². The summed E-state index contributed by atoms with van der Waals surface area (Å²) in [5.41, 5.74) is 1.21. The van der Waals surface area contributed by atoms with E-state index in [-0.39, 0.29) is 17.0 Å². The lowest BCUT2D eigenvalue weighted by Crippen LogP contribution is -2.33. The van der Waals surface area contributed by atoms with Crippen molar-refractivity contribution in [2.75, 3.05) is 6.54 Å². The largest absolute Gasteiger partial charge is 0.352 e. The lowest BCUT2D eigenvalue weighted by molar-refractivity contribution is 0.0947. The summed E-state index contributed by atoms with van der Waals surface area (Å²) < 4.78 is 1.40. The Hall–Kier alpha value is -2.17. The average Bonchev–Trinajstić information content (AvgIpc) is 2.37. The number of nitrogens with one attached hydrogen (secondary N) is 1. The second kappa shape index (κ2) is 5.22. The zero-order valence-corrected chi connectivity index (χ0v) is 11.3. The molecule has 0 saturated heterocycles. The van der Waals surface area contributed by atoms with Gasteiger partial charge in [-0.05, 0) is 24.5 Å². The van der Waals surface area contributed by atoms with Crippen LogP contribution < -0.4 is 10.9 Å². The van der Waals surface area contributed by atoms with E-state index in [0.717, 1.165) is 5.56 Å². The maximum absolute atomic E-state index is 12.2. The molecule has 19 heavy (non-hydrogen) atoms. The highest BCUT2D eigenvalue weighted by atomic mass is 16.2. The van der Waals surface area contributed by atoms with Crippen molar-refractivity contribution in [3.8, 4) is 0 Å². The van der Waals surface area contributed by atoms with Gasteiger partial charge in [0, 0.05) is 18.9 Å². The smallest absolute Gasteiger partial charge is 0.270 e. The molecule has 5 heteroatoms. The van der Waals surface area contributed by atoms with Gasteiger partial charge in [-0.3, -0.25) is 14.0 Å². The Morgan fingerprint density at radius 2 is 2.16 bits per heavy atom. The summed E-state index contributed by atoms with van der Waals surface area (Å²) in [5.74, 6) is -0.0375. The van der Waals surface area contributed by atoms with Crippen LogP contribution in [0.4, 0.5) is 0 Å². The topological polar surface area (TPSA) is 63.5 Å². The molecule has 0 aliphatic heterocycles. The van der Waals surface area contributed by atoms with Gasteiger partial charge < -0.3 is 5.32 Å². The third kappa shape index (κ3) is 2.81. The summed E-state index contributed by atoms with van der Waals surface area (Å²) in [7, 11) is 0. The molecule has 0 aliphatic carbocycles. The molecule has 1 N–H and O–H groups in total. The van der Waals surface area contributed by atoms with Crippen LogP contribution in [0, 0.1) is 12.8 Å². The first kappa shape index (κ1) is 13.3. The van der Waals surface area contributed by atoms with E-state index in [4.69, 9.17) is 0 Å². The molecule has 1 amide bonds. The number of hydrogen-bond acceptors (Lipinski definition) is 3. The van der Waals surface area contributed by atoms with Crippen LogP contribution in [0.15, 0.2) is 29.3 Å². The molecule has 0 aliphatic rings. The summed E-state index contributed by atoms with van der Waals surface area (Å²) in [4.78, 5) is 28.3. The number of fused-ring (bicyclic) bond motifs is 1. The van der Waals surface area contributed by atoms with Crippen LogP contribution >= 0.6 is 0 Å². The molecule has 0 atom stereocenters. The molecular formula is C14H17N3O2. The van der Waals surface area contributed by atoms with Crippen LogP contribution in [0.2, 0.25) is 0 Å². The fourth-order valence-electron chi connectivity index (χ4n) is 1.73. The summed E-state index contributed by atoms with van der Waals surface area (Å²) in [6.45, 7) is 6.41. The zero-order valence-electron chi connectivity index (χ0n) is 11.3. The number of aromatic nitrogens is 2. The Bertz CT molecular complexity index is 674. The number of amides is 1. The van der Waals surface area contributed by atoms with Gasteiger partial charge in [0.05, 0.1) is 0 Å². The number of rotatable bonds is 3. The van der Waals surface area contributed by atoms with Crippen LogP contribution in [-0.4, -0.2) is 21.8 Å². The summed E-state index contributed by atoms with van der Waals surface area (Å²) >= 11 is 0. The molecule has 0 unspecified atom stereocenters. The maximum atomic E-state index is 12.2. The Balaban J connectivity index is 2.42. The highest BCUT2D eigenvalue weighted by molar-refractivity contribution is 5.93. The molecule has 2 aromatic rings. The monoisotopic (exact) mass is 259 g/mol. The number of pyridine rings is 1. The number of carbonyl (C=O) groups excluding carboxylic acids is 1. The number of nitrogens with zero attached hydrogens (tertiary/aromatic N) is 2. The van der Waals surface area contributed by atoms with Gasteiger partial charge in [-0.25, -0.2) is 4.98 Å². The molecule has 2 aromatic heterocycles. The third-order valence-corrected chi connectivity index (χ3v) is 2.77.